The van der Waals surface area contributed by atoms with Crippen molar-refractivity contribution < 1.29 is 125 Å². The normalized spacial score (nSPS) is 26.0. The van der Waals surface area contributed by atoms with Gasteiger partial charge in [-0.1, -0.05) is 0 Å². The van der Waals surface area contributed by atoms with Gasteiger partial charge in [0.1, 0.15) is 85.0 Å². The number of carbonyl (C=O) groups excluding carboxylic acids is 6. The number of ether oxygens (including phenoxy) is 3. The maximum atomic E-state index is 13.7. The molecule has 2 aliphatic heterocycles. The van der Waals surface area contributed by atoms with Crippen molar-refractivity contribution in [2.75, 3.05) is 13.2 Å². The lowest BCUT2D eigenvalue weighted by atomic mass is 9.96. The third kappa shape index (κ3) is 20.4. The Morgan fingerprint density at radius 3 is 1.86 bits per heavy atom. The second kappa shape index (κ2) is 30.1. The Balaban J connectivity index is 1.75. The van der Waals surface area contributed by atoms with E-state index in [1.807, 2.05) is 4.98 Å². The molecule has 37 nitrogen and oxygen atoms in total. The van der Waals surface area contributed by atoms with Crippen LogP contribution in [0, 0.1) is 0 Å². The molecule has 2 unspecified atom stereocenters. The van der Waals surface area contributed by atoms with Crippen LogP contribution in [0.15, 0.2) is 21.9 Å². The molecule has 80 heavy (non-hydrogen) atoms. The van der Waals surface area contributed by atoms with Gasteiger partial charge in [-0.2, -0.15) is 4.31 Å². The standard InChI is InChI=1S/C41H65N9O28P2/c1-15(32(59)45-17(3)38(64)65)44-35(62)21(8-6-7-20(42)39(66)67)48-36(63)22(9-10-26(54)55)47-33(60)16(2)43-34(61)18(4)74-31-27(46-19(5)52)40(76-23(13-51)29(31)57)77-80(71,72)78-79(69,70)73-14-24-28(56)30(58)37(75-24)50-12-11-25(53)49-41(50)68/h11-12,15-18,20-24,27-31,37,40,51,56-58H,6-10,13-14,42H2,1-5H3,(H,43,61)(H,44,62)(H,45,59)(H,46,52)(H,47,60)(H,48,63)(H,54,55)(H,64,65)(H,66,67)(H,69,70)(H,71,72)(H,49,53,68)/t15-,16+,17-,18-,20-,21+,22-,23-,24-,27-,28-,29-,30-,31-,37-,40+/m1/s1. The molecule has 452 valence electrons. The van der Waals surface area contributed by atoms with Crippen molar-refractivity contribution in [1.29, 1.82) is 0 Å². The molecule has 3 rings (SSSR count). The number of phosphoric ester groups is 2. The molecule has 0 radical (unpaired) electrons. The van der Waals surface area contributed by atoms with Crippen molar-refractivity contribution in [3.05, 3.63) is 33.1 Å². The predicted molar refractivity (Wildman–Crippen MR) is 259 cm³/mol. The minimum atomic E-state index is -5.99. The van der Waals surface area contributed by atoms with Crippen molar-refractivity contribution in [2.45, 2.75) is 164 Å². The molecule has 18 N–H and O–H groups in total. The van der Waals surface area contributed by atoms with E-state index < -0.39 is 204 Å². The number of carboxylic acid groups (broad SMARTS) is 3. The average molecular weight is 1190 g/mol. The van der Waals surface area contributed by atoms with Crippen molar-refractivity contribution in [2.24, 2.45) is 5.73 Å². The maximum Gasteiger partial charge on any atom is 0.483 e. The van der Waals surface area contributed by atoms with Gasteiger partial charge in [-0.15, -0.1) is 0 Å². The van der Waals surface area contributed by atoms with Crippen molar-refractivity contribution in [3.8, 4) is 0 Å². The number of hydrogen-bond acceptors (Lipinski definition) is 24. The lowest BCUT2D eigenvalue weighted by Gasteiger charge is -2.44. The Kier molecular flexibility index (Phi) is 25.6. The Bertz CT molecular complexity index is 2630. The Hall–Kier alpha value is -6.15. The molecule has 1 aromatic heterocycles. The third-order valence-electron chi connectivity index (χ3n) is 11.7. The van der Waals surface area contributed by atoms with Crippen LogP contribution < -0.4 is 48.9 Å². The summed E-state index contributed by atoms with van der Waals surface area (Å²) in [6.07, 6.45) is -18.5. The summed E-state index contributed by atoms with van der Waals surface area (Å²) < 4.78 is 57.1. The lowest BCUT2D eigenvalue weighted by molar-refractivity contribution is -0.261. The first kappa shape index (κ1) is 68.1. The minimum absolute atomic E-state index is 0.129. The first-order valence-electron chi connectivity index (χ1n) is 23.9. The smallest absolute Gasteiger partial charge is 0.481 e. The number of carbonyl (C=O) groups is 9. The van der Waals surface area contributed by atoms with E-state index >= 15 is 0 Å². The van der Waals surface area contributed by atoms with Crippen LogP contribution in [0.4, 0.5) is 0 Å². The number of nitrogens with zero attached hydrogens (tertiary/aromatic N) is 1. The number of aliphatic hydroxyl groups excluding tert-OH is 4. The van der Waals surface area contributed by atoms with Gasteiger partial charge >= 0.3 is 39.2 Å². The summed E-state index contributed by atoms with van der Waals surface area (Å²) in [7, 11) is -11.8. The summed E-state index contributed by atoms with van der Waals surface area (Å²) in [4.78, 5) is 160. The van der Waals surface area contributed by atoms with E-state index in [4.69, 9.17) is 29.6 Å². The van der Waals surface area contributed by atoms with Crippen LogP contribution in [-0.4, -0.2) is 213 Å². The number of aliphatic hydroxyl groups is 4. The first-order valence-corrected chi connectivity index (χ1v) is 26.9. The molecule has 3 heterocycles. The van der Waals surface area contributed by atoms with Crippen LogP contribution in [0.2, 0.25) is 0 Å². The summed E-state index contributed by atoms with van der Waals surface area (Å²) in [5.74, 6) is -10.8. The van der Waals surface area contributed by atoms with Gasteiger partial charge in [0, 0.05) is 25.6 Å². The van der Waals surface area contributed by atoms with Crippen LogP contribution in [0.3, 0.4) is 0 Å². The van der Waals surface area contributed by atoms with E-state index in [9.17, 15) is 102 Å². The highest BCUT2D eigenvalue weighted by atomic mass is 31.3. The van der Waals surface area contributed by atoms with E-state index in [1.165, 1.54) is 6.92 Å². The number of H-pyrrole nitrogens is 1. The second-order valence-electron chi connectivity index (χ2n) is 18.1. The second-order valence-corrected chi connectivity index (χ2v) is 21.1. The topological polar surface area (TPSA) is 578 Å². The molecule has 2 fully saturated rings. The highest BCUT2D eigenvalue weighted by Crippen LogP contribution is 2.61. The van der Waals surface area contributed by atoms with Crippen LogP contribution in [0.5, 0.6) is 0 Å². The van der Waals surface area contributed by atoms with Crippen LogP contribution >= 0.6 is 15.6 Å². The zero-order valence-electron chi connectivity index (χ0n) is 43.0. The molecule has 39 heteroatoms. The van der Waals surface area contributed by atoms with Gasteiger partial charge in [0.15, 0.2) is 12.5 Å². The average Bonchev–Trinajstić information content (AvgIpc) is 3.66. The lowest BCUT2D eigenvalue weighted by Crippen LogP contribution is -2.66. The van der Waals surface area contributed by atoms with E-state index in [-0.39, 0.29) is 19.3 Å². The Morgan fingerprint density at radius 2 is 1.30 bits per heavy atom. The fraction of sp³-hybridized carbons (Fsp3) is 0.683. The van der Waals surface area contributed by atoms with E-state index in [0.29, 0.717) is 4.57 Å². The molecule has 0 spiro atoms. The van der Waals surface area contributed by atoms with Crippen LogP contribution in [0.25, 0.3) is 0 Å². The first-order chi connectivity index (χ1) is 37.1. The minimum Gasteiger partial charge on any atom is -0.481 e. The number of rotatable bonds is 31. The van der Waals surface area contributed by atoms with E-state index in [1.54, 1.807) is 0 Å². The molecular formula is C41H65N9O28P2. The fourth-order valence-corrected chi connectivity index (χ4v) is 9.58. The van der Waals surface area contributed by atoms with E-state index in [2.05, 4.69) is 40.7 Å². The quantitative estimate of drug-likeness (QED) is 0.0307. The molecule has 18 atom stereocenters. The number of aromatic nitrogens is 2. The number of nitrogens with two attached hydrogens (primary N) is 1. The van der Waals surface area contributed by atoms with Gasteiger partial charge in [0.25, 0.3) is 5.56 Å². The third-order valence-corrected chi connectivity index (χ3v) is 14.3. The highest BCUT2D eigenvalue weighted by Gasteiger charge is 2.52. The number of nitrogens with one attached hydrogen (secondary N) is 7. The number of phosphoric acid groups is 2. The molecule has 0 aromatic carbocycles. The molecule has 0 bridgehead atoms. The summed E-state index contributed by atoms with van der Waals surface area (Å²) in [5, 5.41) is 83.1. The number of hydrogen-bond donors (Lipinski definition) is 17. The highest BCUT2D eigenvalue weighted by molar-refractivity contribution is 7.61. The summed E-state index contributed by atoms with van der Waals surface area (Å²) in [6.45, 7) is 2.99. The summed E-state index contributed by atoms with van der Waals surface area (Å²) in [6, 6.07) is -10.3. The van der Waals surface area contributed by atoms with E-state index in [0.717, 1.165) is 40.0 Å². The SMILES string of the molecule is CC(=O)N[C@H]1[C@H](OP(=O)(O)OP(=O)(O)OC[C@H]2O[C@@H](n3ccc(=O)[nH]c3=O)[C@H](O)[C@@H]2O)O[C@H](CO)[C@@H](O)[C@@H]1O[C@H](C)C(=O)N[C@@H](C)C(=O)N[C@H](CCC(=O)O)C(=O)N[C@@H](CCC[C@@H](N)C(=O)O)C(=O)N[C@H](C)C(=O)N[C@H](C)C(=O)O. The van der Waals surface area contributed by atoms with Crippen molar-refractivity contribution in [1.82, 2.24) is 41.5 Å². The summed E-state index contributed by atoms with van der Waals surface area (Å²) in [5.41, 5.74) is 3.66. The number of aromatic amines is 1. The molecule has 0 saturated carbocycles. The largest absolute Gasteiger partial charge is 0.483 e. The zero-order chi connectivity index (χ0) is 60.7. The summed E-state index contributed by atoms with van der Waals surface area (Å²) >= 11 is 0. The van der Waals surface area contributed by atoms with Gasteiger partial charge in [-0.05, 0) is 53.4 Å². The van der Waals surface area contributed by atoms with Gasteiger partial charge < -0.3 is 97.4 Å². The molecule has 1 aromatic rings. The van der Waals surface area contributed by atoms with Crippen molar-refractivity contribution in [3.63, 3.8) is 0 Å². The molecule has 6 amide bonds. The van der Waals surface area contributed by atoms with Gasteiger partial charge in [0.2, 0.25) is 35.4 Å². The van der Waals surface area contributed by atoms with Crippen molar-refractivity contribution >= 4 is 69.0 Å². The molecular weight excluding hydrogens is 1130 g/mol. The maximum absolute atomic E-state index is 13.7. The van der Waals surface area contributed by atoms with Gasteiger partial charge in [-0.3, -0.25) is 66.5 Å². The number of amides is 6. The molecule has 0 aliphatic carbocycles. The molecule has 2 saturated heterocycles. The van der Waals surface area contributed by atoms with Crippen LogP contribution in [0.1, 0.15) is 73.0 Å². The van der Waals surface area contributed by atoms with Crippen LogP contribution in [-0.2, 0) is 79.8 Å². The number of aliphatic carboxylic acids is 3. The fourth-order valence-electron chi connectivity index (χ4n) is 7.42. The Labute approximate surface area is 451 Å². The predicted octanol–water partition coefficient (Wildman–Crippen LogP) is -7.22. The monoisotopic (exact) mass is 1190 g/mol. The van der Waals surface area contributed by atoms with Gasteiger partial charge in [-0.25, -0.2) is 13.9 Å². The number of carboxylic acids is 3. The Morgan fingerprint density at radius 1 is 0.738 bits per heavy atom. The van der Waals surface area contributed by atoms with Gasteiger partial charge in [0.05, 0.1) is 13.2 Å². The zero-order valence-corrected chi connectivity index (χ0v) is 44.8. The molecule has 2 aliphatic rings.